The smallest absolute Gasteiger partial charge is 0.383 e. The first-order valence-corrected chi connectivity index (χ1v) is 4.33. The molecule has 78 valence electrons. The van der Waals surface area contributed by atoms with Crippen molar-refractivity contribution in [2.45, 2.75) is 0 Å². The third-order valence-corrected chi connectivity index (χ3v) is 1.95. The molecular weight excluding hydrogens is 272 g/mol. The zero-order valence-corrected chi connectivity index (χ0v) is 11.7. The Balaban J connectivity index is 0.00000144. The first-order valence-electron chi connectivity index (χ1n) is 4.33. The van der Waals surface area contributed by atoms with Crippen molar-refractivity contribution in [2.75, 3.05) is 0 Å². The largest absolute Gasteiger partial charge is 0.507 e. The number of phenolic OH excluding ortho intramolecular Hbond substituents is 1. The summed E-state index contributed by atoms with van der Waals surface area (Å²) in [5.41, 5.74) is 0.280. The quantitative estimate of drug-likeness (QED) is 0.641. The molecular formula is C11H5N3O2Zn. The van der Waals surface area contributed by atoms with E-state index in [0.29, 0.717) is 5.56 Å². The number of hydrogen-bond donors (Lipinski definition) is 1. The first kappa shape index (κ1) is 12.9. The van der Waals surface area contributed by atoms with Crippen molar-refractivity contribution >= 4 is 5.88 Å². The van der Waals surface area contributed by atoms with Gasteiger partial charge in [-0.05, 0) is 12.1 Å². The summed E-state index contributed by atoms with van der Waals surface area (Å²) in [4.78, 5) is 6.86. The molecule has 1 aromatic heterocycles. The van der Waals surface area contributed by atoms with Gasteiger partial charge >= 0.3 is 5.88 Å². The Morgan fingerprint density at radius 1 is 1.41 bits per heavy atom. The van der Waals surface area contributed by atoms with E-state index in [-0.39, 0.29) is 42.7 Å². The van der Waals surface area contributed by atoms with Crippen molar-refractivity contribution in [3.63, 3.8) is 0 Å². The molecule has 17 heavy (non-hydrogen) atoms. The number of phenols is 1. The van der Waals surface area contributed by atoms with E-state index in [1.165, 1.54) is 6.07 Å². The summed E-state index contributed by atoms with van der Waals surface area (Å²) in [7, 11) is 0. The van der Waals surface area contributed by atoms with Gasteiger partial charge in [-0.1, -0.05) is 12.1 Å². The molecule has 1 heterocycles. The van der Waals surface area contributed by atoms with Gasteiger partial charge in [0.25, 0.3) is 0 Å². The van der Waals surface area contributed by atoms with Gasteiger partial charge in [0.1, 0.15) is 11.8 Å². The van der Waals surface area contributed by atoms with Crippen LogP contribution in [0.1, 0.15) is 5.69 Å². The molecule has 0 atom stereocenters. The Morgan fingerprint density at radius 2 is 2.12 bits per heavy atom. The molecule has 0 spiro atoms. The fourth-order valence-electron chi connectivity index (χ4n) is 1.23. The van der Waals surface area contributed by atoms with Crippen LogP contribution < -0.4 is 0 Å². The van der Waals surface area contributed by atoms with Crippen LogP contribution in [0.3, 0.4) is 0 Å². The van der Waals surface area contributed by atoms with Crippen molar-refractivity contribution in [1.82, 2.24) is 4.98 Å². The molecule has 0 amide bonds. The number of aromatic nitrogens is 1. The van der Waals surface area contributed by atoms with E-state index in [0.717, 1.165) is 0 Å². The molecule has 1 N–H and O–H groups in total. The predicted molar refractivity (Wildman–Crippen MR) is 54.6 cm³/mol. The Morgan fingerprint density at radius 3 is 2.65 bits per heavy atom. The van der Waals surface area contributed by atoms with E-state index in [1.807, 2.05) is 0 Å². The molecule has 6 heteroatoms. The summed E-state index contributed by atoms with van der Waals surface area (Å²) in [6.45, 7) is 6.80. The van der Waals surface area contributed by atoms with Crippen molar-refractivity contribution in [2.24, 2.45) is 0 Å². The molecule has 0 saturated heterocycles. The molecule has 0 fully saturated rings. The second-order valence-electron chi connectivity index (χ2n) is 2.91. The van der Waals surface area contributed by atoms with Crippen LogP contribution in [0, 0.1) is 17.9 Å². The molecule has 0 saturated carbocycles. The maximum Gasteiger partial charge on any atom is 0.383 e. The normalized spacial score (nSPS) is 8.82. The molecule has 0 bridgehead atoms. The minimum atomic E-state index is -0.166. The van der Waals surface area contributed by atoms with E-state index in [1.54, 1.807) is 24.3 Å². The zero-order chi connectivity index (χ0) is 11.5. The van der Waals surface area contributed by atoms with Crippen LogP contribution in [0.25, 0.3) is 16.3 Å². The number of oxazole rings is 1. The van der Waals surface area contributed by atoms with Gasteiger partial charge in [-0.15, -0.1) is 0 Å². The fraction of sp³-hybridized carbons (Fsp3) is 0. The molecule has 2 aromatic rings. The average molecular weight is 277 g/mol. The first-order chi connectivity index (χ1) is 7.76. The third-order valence-electron chi connectivity index (χ3n) is 1.95. The number of para-hydroxylation sites is 1. The molecule has 2 rings (SSSR count). The van der Waals surface area contributed by atoms with E-state index in [9.17, 15) is 5.11 Å². The van der Waals surface area contributed by atoms with Gasteiger partial charge in [-0.2, -0.15) is 10.1 Å². The van der Waals surface area contributed by atoms with E-state index < -0.39 is 0 Å². The predicted octanol–water partition coefficient (Wildman–Crippen LogP) is 2.47. The summed E-state index contributed by atoms with van der Waals surface area (Å²) in [5.74, 6) is -0.105. The minimum Gasteiger partial charge on any atom is -0.507 e. The number of rotatable bonds is 1. The second-order valence-corrected chi connectivity index (χ2v) is 2.91. The summed E-state index contributed by atoms with van der Waals surface area (Å²) in [5, 5.41) is 18.2. The van der Waals surface area contributed by atoms with Gasteiger partial charge in [0.15, 0.2) is 5.69 Å². The van der Waals surface area contributed by atoms with Crippen LogP contribution in [0.5, 0.6) is 5.75 Å². The third kappa shape index (κ3) is 2.33. The van der Waals surface area contributed by atoms with Gasteiger partial charge in [0.2, 0.25) is 5.89 Å². The second kappa shape index (κ2) is 5.25. The fourth-order valence-corrected chi connectivity index (χ4v) is 1.23. The average Bonchev–Trinajstić information content (AvgIpc) is 2.72. The van der Waals surface area contributed by atoms with E-state index in [2.05, 4.69) is 9.83 Å². The number of aromatic hydroxyl groups is 1. The summed E-state index contributed by atoms with van der Waals surface area (Å²) < 4.78 is 5.07. The molecule has 0 unspecified atom stereocenters. The van der Waals surface area contributed by atoms with Crippen LogP contribution in [-0.2, 0) is 19.5 Å². The number of hydrogen-bond acceptors (Lipinski definition) is 4. The van der Waals surface area contributed by atoms with Crippen molar-refractivity contribution in [1.29, 1.82) is 5.26 Å². The molecule has 0 aliphatic rings. The van der Waals surface area contributed by atoms with Crippen molar-refractivity contribution in [3.8, 4) is 23.3 Å². The Bertz CT molecular complexity index is 591. The molecule has 5 nitrogen and oxygen atoms in total. The van der Waals surface area contributed by atoms with Crippen LogP contribution in [0.4, 0.5) is 5.88 Å². The Hall–Kier alpha value is -2.17. The van der Waals surface area contributed by atoms with E-state index >= 15 is 0 Å². The SMILES string of the molecule is [C-]#[N+]c1oc(-c2ccccc2O)nc1C#N.[Zn]. The standard InChI is InChI=1S/C11H5N3O2.Zn/c1-13-11-8(6-12)14-10(16-11)7-4-2-3-5-9(7)15;/h2-5,15H;. The number of benzene rings is 1. The Labute approximate surface area is 110 Å². The molecule has 0 radical (unpaired) electrons. The van der Waals surface area contributed by atoms with Crippen LogP contribution in [-0.4, -0.2) is 10.1 Å². The molecule has 0 aliphatic heterocycles. The van der Waals surface area contributed by atoms with Crippen LogP contribution in [0.15, 0.2) is 28.7 Å². The Kier molecular flexibility index (Phi) is 3.98. The topological polar surface area (TPSA) is 74.4 Å². The van der Waals surface area contributed by atoms with Gasteiger partial charge < -0.3 is 9.52 Å². The van der Waals surface area contributed by atoms with Gasteiger partial charge in [-0.3, -0.25) is 0 Å². The van der Waals surface area contributed by atoms with E-state index in [4.69, 9.17) is 16.3 Å². The maximum absolute atomic E-state index is 9.55. The zero-order valence-electron chi connectivity index (χ0n) is 8.71. The monoisotopic (exact) mass is 275 g/mol. The van der Waals surface area contributed by atoms with Gasteiger partial charge in [-0.25, -0.2) is 4.98 Å². The van der Waals surface area contributed by atoms with Crippen LogP contribution in [0.2, 0.25) is 0 Å². The summed E-state index contributed by atoms with van der Waals surface area (Å²) in [6, 6.07) is 8.18. The number of nitrogens with zero attached hydrogens (tertiary/aromatic N) is 3. The summed E-state index contributed by atoms with van der Waals surface area (Å²) >= 11 is 0. The van der Waals surface area contributed by atoms with Crippen molar-refractivity contribution in [3.05, 3.63) is 41.4 Å². The van der Waals surface area contributed by atoms with Crippen molar-refractivity contribution < 1.29 is 29.0 Å². The molecule has 0 aliphatic carbocycles. The minimum absolute atomic E-state index is 0. The van der Waals surface area contributed by atoms with Gasteiger partial charge in [0, 0.05) is 19.5 Å². The maximum atomic E-state index is 9.55. The van der Waals surface area contributed by atoms with Gasteiger partial charge in [0.05, 0.1) is 12.1 Å². The summed E-state index contributed by atoms with van der Waals surface area (Å²) in [6.07, 6.45) is 0. The number of nitriles is 1. The van der Waals surface area contributed by atoms with Crippen LogP contribution >= 0.6 is 0 Å². The molecule has 1 aromatic carbocycles.